The largest absolute Gasteiger partial charge is 0.497 e. The summed E-state index contributed by atoms with van der Waals surface area (Å²) < 4.78 is 10.9. The van der Waals surface area contributed by atoms with Crippen molar-refractivity contribution >= 4 is 10.9 Å². The minimum atomic E-state index is -0.217. The van der Waals surface area contributed by atoms with E-state index in [2.05, 4.69) is 48.5 Å². The molecule has 0 aliphatic rings. The molecule has 0 bridgehead atoms. The zero-order valence-electron chi connectivity index (χ0n) is 13.2. The summed E-state index contributed by atoms with van der Waals surface area (Å²) in [7, 11) is 3.19. The molecule has 0 aliphatic carbocycles. The summed E-state index contributed by atoms with van der Waals surface area (Å²) in [5.74, 6) is 1.78. The minimum Gasteiger partial charge on any atom is -0.497 e. The predicted octanol–water partition coefficient (Wildman–Crippen LogP) is 4.80. The van der Waals surface area contributed by atoms with Gasteiger partial charge in [-0.15, -0.1) is 0 Å². The lowest BCUT2D eigenvalue weighted by Gasteiger charge is -2.11. The van der Waals surface area contributed by atoms with Crippen LogP contribution in [0.5, 0.6) is 11.5 Å². The summed E-state index contributed by atoms with van der Waals surface area (Å²) in [5.41, 5.74) is 0. The molecule has 116 valence electrons. The van der Waals surface area contributed by atoms with Gasteiger partial charge in [-0.25, -0.2) is 0 Å². The summed E-state index contributed by atoms with van der Waals surface area (Å²) in [5, 5.41) is 0. The Morgan fingerprint density at radius 1 is 0.609 bits per heavy atom. The Morgan fingerprint density at radius 3 is 1.87 bits per heavy atom. The van der Waals surface area contributed by atoms with Crippen molar-refractivity contribution in [2.24, 2.45) is 0 Å². The van der Waals surface area contributed by atoms with Gasteiger partial charge in [-0.2, -0.15) is 0 Å². The van der Waals surface area contributed by atoms with Crippen LogP contribution >= 0.6 is 0 Å². The molecule has 1 unspecified atom stereocenters. The average molecular weight is 323 g/mol. The molecule has 0 saturated heterocycles. The quantitative estimate of drug-likeness (QED) is 0.628. The number of ether oxygens (including phenoxy) is 2. The SMILES string of the molecule is COc1ccc([S+](c2ccccc2)c2ccccc2OC)cc1. The maximum Gasteiger partial charge on any atom is 0.208 e. The van der Waals surface area contributed by atoms with Crippen molar-refractivity contribution in [1.82, 2.24) is 0 Å². The van der Waals surface area contributed by atoms with Gasteiger partial charge in [0, 0.05) is 0 Å². The highest BCUT2D eigenvalue weighted by molar-refractivity contribution is 7.97. The van der Waals surface area contributed by atoms with Crippen LogP contribution in [-0.4, -0.2) is 14.2 Å². The first-order valence-electron chi connectivity index (χ1n) is 7.40. The zero-order chi connectivity index (χ0) is 16.1. The van der Waals surface area contributed by atoms with Gasteiger partial charge in [-0.1, -0.05) is 30.3 Å². The van der Waals surface area contributed by atoms with Gasteiger partial charge in [0.05, 0.1) is 14.2 Å². The second-order valence-electron chi connectivity index (χ2n) is 4.95. The molecule has 3 aromatic rings. The predicted molar refractivity (Wildman–Crippen MR) is 94.6 cm³/mol. The van der Waals surface area contributed by atoms with E-state index in [9.17, 15) is 0 Å². The third-order valence-corrected chi connectivity index (χ3v) is 5.83. The normalized spacial score (nSPS) is 11.7. The van der Waals surface area contributed by atoms with E-state index in [1.807, 2.05) is 30.3 Å². The zero-order valence-corrected chi connectivity index (χ0v) is 14.0. The van der Waals surface area contributed by atoms with Crippen LogP contribution in [0.25, 0.3) is 0 Å². The van der Waals surface area contributed by atoms with E-state index in [0.717, 1.165) is 11.5 Å². The number of hydrogen-bond acceptors (Lipinski definition) is 2. The fourth-order valence-electron chi connectivity index (χ4n) is 2.45. The van der Waals surface area contributed by atoms with Gasteiger partial charge in [-0.3, -0.25) is 0 Å². The molecule has 0 amide bonds. The molecule has 23 heavy (non-hydrogen) atoms. The third kappa shape index (κ3) is 3.35. The minimum absolute atomic E-state index is 0.217. The van der Waals surface area contributed by atoms with Crippen molar-refractivity contribution in [3.8, 4) is 11.5 Å². The smallest absolute Gasteiger partial charge is 0.208 e. The van der Waals surface area contributed by atoms with Gasteiger partial charge in [0.1, 0.15) is 16.6 Å². The Balaban J connectivity index is 2.14. The molecular formula is C20H19O2S+. The van der Waals surface area contributed by atoms with Crippen molar-refractivity contribution < 1.29 is 9.47 Å². The van der Waals surface area contributed by atoms with Gasteiger partial charge in [0.2, 0.25) is 4.90 Å². The fourth-order valence-corrected chi connectivity index (χ4v) is 4.63. The second-order valence-corrected chi connectivity index (χ2v) is 6.94. The molecule has 2 nitrogen and oxygen atoms in total. The molecular weight excluding hydrogens is 304 g/mol. The molecule has 0 saturated carbocycles. The fraction of sp³-hybridized carbons (Fsp3) is 0.100. The molecule has 0 aliphatic heterocycles. The first-order chi connectivity index (χ1) is 11.3. The molecule has 3 rings (SSSR count). The highest BCUT2D eigenvalue weighted by Gasteiger charge is 2.31. The monoisotopic (exact) mass is 323 g/mol. The van der Waals surface area contributed by atoms with Crippen LogP contribution in [-0.2, 0) is 10.9 Å². The molecule has 0 N–H and O–H groups in total. The highest BCUT2D eigenvalue weighted by Crippen LogP contribution is 2.36. The maximum absolute atomic E-state index is 5.60. The summed E-state index contributed by atoms with van der Waals surface area (Å²) >= 11 is 0. The lowest BCUT2D eigenvalue weighted by molar-refractivity contribution is 0.404. The van der Waals surface area contributed by atoms with Crippen LogP contribution in [0.4, 0.5) is 0 Å². The third-order valence-electron chi connectivity index (χ3n) is 3.56. The van der Waals surface area contributed by atoms with Crippen molar-refractivity contribution in [3.63, 3.8) is 0 Å². The van der Waals surface area contributed by atoms with E-state index in [1.54, 1.807) is 14.2 Å². The average Bonchev–Trinajstić information content (AvgIpc) is 2.64. The number of para-hydroxylation sites is 1. The van der Waals surface area contributed by atoms with Crippen LogP contribution in [0.15, 0.2) is 93.5 Å². The second kappa shape index (κ2) is 7.25. The van der Waals surface area contributed by atoms with E-state index >= 15 is 0 Å². The molecule has 3 aromatic carbocycles. The van der Waals surface area contributed by atoms with Gasteiger partial charge in [0.15, 0.2) is 15.5 Å². The summed E-state index contributed by atoms with van der Waals surface area (Å²) in [6.45, 7) is 0. The maximum atomic E-state index is 5.60. The van der Waals surface area contributed by atoms with E-state index in [4.69, 9.17) is 9.47 Å². The summed E-state index contributed by atoms with van der Waals surface area (Å²) in [6.07, 6.45) is 0. The highest BCUT2D eigenvalue weighted by atomic mass is 32.2. The number of rotatable bonds is 5. The Morgan fingerprint density at radius 2 is 1.22 bits per heavy atom. The van der Waals surface area contributed by atoms with Crippen LogP contribution < -0.4 is 9.47 Å². The van der Waals surface area contributed by atoms with Crippen molar-refractivity contribution in [1.29, 1.82) is 0 Å². The van der Waals surface area contributed by atoms with Crippen molar-refractivity contribution in [2.75, 3.05) is 14.2 Å². The summed E-state index contributed by atoms with van der Waals surface area (Å²) in [4.78, 5) is 3.69. The first-order valence-corrected chi connectivity index (χ1v) is 8.62. The first kappa shape index (κ1) is 15.5. The molecule has 0 fully saturated rings. The molecule has 1 atom stereocenters. The standard InChI is InChI=1S/C20H19O2S/c1-21-16-12-14-18(15-13-16)23(17-8-4-3-5-9-17)20-11-7-6-10-19(20)22-2/h3-15H,1-2H3/q+1. The molecule has 0 spiro atoms. The number of hydrogen-bond donors (Lipinski definition) is 0. The van der Waals surface area contributed by atoms with Gasteiger partial charge < -0.3 is 9.47 Å². The van der Waals surface area contributed by atoms with Crippen molar-refractivity contribution in [2.45, 2.75) is 14.7 Å². The van der Waals surface area contributed by atoms with Crippen LogP contribution in [0.2, 0.25) is 0 Å². The van der Waals surface area contributed by atoms with Gasteiger partial charge >= 0.3 is 0 Å². The molecule has 0 aromatic heterocycles. The van der Waals surface area contributed by atoms with Crippen LogP contribution in [0.3, 0.4) is 0 Å². The number of methoxy groups -OCH3 is 2. The Bertz CT molecular complexity index is 754. The van der Waals surface area contributed by atoms with E-state index in [1.165, 1.54) is 14.7 Å². The molecule has 0 radical (unpaired) electrons. The van der Waals surface area contributed by atoms with E-state index < -0.39 is 0 Å². The Kier molecular flexibility index (Phi) is 4.89. The van der Waals surface area contributed by atoms with Gasteiger partial charge in [0.25, 0.3) is 0 Å². The Labute approximate surface area is 140 Å². The van der Waals surface area contributed by atoms with Crippen molar-refractivity contribution in [3.05, 3.63) is 78.9 Å². The van der Waals surface area contributed by atoms with Crippen LogP contribution in [0, 0.1) is 0 Å². The topological polar surface area (TPSA) is 18.5 Å². The van der Waals surface area contributed by atoms with Crippen LogP contribution in [0.1, 0.15) is 0 Å². The number of benzene rings is 3. The Hall–Kier alpha value is -2.39. The lowest BCUT2D eigenvalue weighted by Crippen LogP contribution is -2.06. The molecule has 3 heteroatoms. The van der Waals surface area contributed by atoms with E-state index in [0.29, 0.717) is 0 Å². The van der Waals surface area contributed by atoms with E-state index in [-0.39, 0.29) is 10.9 Å². The lowest BCUT2D eigenvalue weighted by atomic mass is 10.3. The van der Waals surface area contributed by atoms with Gasteiger partial charge in [-0.05, 0) is 48.5 Å². The molecule has 0 heterocycles. The summed E-state index contributed by atoms with van der Waals surface area (Å²) in [6, 6.07) is 27.0.